The van der Waals surface area contributed by atoms with Crippen LogP contribution in [0.1, 0.15) is 0 Å². The number of aromatic nitrogens is 2. The smallest absolute Gasteiger partial charge is 0.408 e. The molecule has 0 unspecified atom stereocenters. The van der Waals surface area contributed by atoms with Gasteiger partial charge in [0.1, 0.15) is 5.01 Å². The highest BCUT2D eigenvalue weighted by molar-refractivity contribution is 7.13. The average molecular weight is 329 g/mol. The molecule has 0 aliphatic carbocycles. The van der Waals surface area contributed by atoms with Crippen LogP contribution in [0.3, 0.4) is 0 Å². The number of aromatic amines is 1. The molecule has 4 nitrogen and oxygen atoms in total. The summed E-state index contributed by atoms with van der Waals surface area (Å²) in [6, 6.07) is 13.1. The molecule has 0 atom stereocenters. The number of hydrogen-bond acceptors (Lipinski definition) is 4. The molecule has 2 aromatic carbocycles. The van der Waals surface area contributed by atoms with Crippen molar-refractivity contribution in [3.8, 4) is 21.8 Å². The van der Waals surface area contributed by atoms with Gasteiger partial charge in [-0.2, -0.15) is 0 Å². The van der Waals surface area contributed by atoms with Gasteiger partial charge in [0, 0.05) is 21.5 Å². The number of nitrogens with one attached hydrogen (secondary N) is 1. The molecular weight excluding hydrogens is 320 g/mol. The zero-order valence-electron chi connectivity index (χ0n) is 11.2. The van der Waals surface area contributed by atoms with E-state index in [1.54, 1.807) is 11.3 Å². The van der Waals surface area contributed by atoms with Crippen molar-refractivity contribution < 1.29 is 4.42 Å². The number of hydrogen-bond donors (Lipinski definition) is 1. The molecule has 1 N–H and O–H groups in total. The molecule has 0 aliphatic heterocycles. The first-order chi connectivity index (χ1) is 10.7. The van der Waals surface area contributed by atoms with Crippen molar-refractivity contribution in [1.82, 2.24) is 9.97 Å². The van der Waals surface area contributed by atoms with Crippen LogP contribution in [-0.2, 0) is 0 Å². The molecule has 4 aromatic rings. The second-order valence-corrected chi connectivity index (χ2v) is 6.06. The summed E-state index contributed by atoms with van der Waals surface area (Å²) in [4.78, 5) is 18.5. The third kappa shape index (κ3) is 2.34. The van der Waals surface area contributed by atoms with E-state index in [1.165, 1.54) is 0 Å². The Morgan fingerprint density at radius 1 is 1.09 bits per heavy atom. The number of halogens is 1. The maximum absolute atomic E-state index is 11.2. The summed E-state index contributed by atoms with van der Waals surface area (Å²) in [5.41, 5.74) is 3.99. The van der Waals surface area contributed by atoms with Gasteiger partial charge in [0.25, 0.3) is 0 Å². The number of rotatable bonds is 2. The Kier molecular flexibility index (Phi) is 3.10. The first-order valence-electron chi connectivity index (χ1n) is 6.54. The number of fused-ring (bicyclic) bond motifs is 1. The second-order valence-electron chi connectivity index (χ2n) is 4.77. The Morgan fingerprint density at radius 3 is 2.68 bits per heavy atom. The SMILES string of the molecule is O=c1[nH]c2ccc(-c3csc(-c4ccc(Cl)cc4)n3)cc2o1. The summed E-state index contributed by atoms with van der Waals surface area (Å²) in [5.74, 6) is -0.452. The fourth-order valence-electron chi connectivity index (χ4n) is 2.24. The highest BCUT2D eigenvalue weighted by Gasteiger charge is 2.09. The standard InChI is InChI=1S/C16H9ClN2O2S/c17-11-4-1-9(2-5-11)15-18-13(8-22-15)10-3-6-12-14(7-10)21-16(20)19-12/h1-8H,(H,19,20). The number of benzene rings is 2. The van der Waals surface area contributed by atoms with Crippen LogP contribution in [0.2, 0.25) is 5.02 Å². The molecule has 0 saturated heterocycles. The van der Waals surface area contributed by atoms with Gasteiger partial charge in [0.15, 0.2) is 5.58 Å². The number of oxazole rings is 1. The van der Waals surface area contributed by atoms with E-state index >= 15 is 0 Å². The van der Waals surface area contributed by atoms with Crippen LogP contribution in [-0.4, -0.2) is 9.97 Å². The normalized spacial score (nSPS) is 11.1. The van der Waals surface area contributed by atoms with Crippen LogP contribution in [0.5, 0.6) is 0 Å². The van der Waals surface area contributed by atoms with Crippen molar-refractivity contribution in [1.29, 1.82) is 0 Å². The quantitative estimate of drug-likeness (QED) is 0.586. The van der Waals surface area contributed by atoms with Gasteiger partial charge in [-0.1, -0.05) is 29.8 Å². The molecule has 2 aromatic heterocycles. The second kappa shape index (κ2) is 5.12. The zero-order valence-corrected chi connectivity index (χ0v) is 12.7. The molecule has 0 bridgehead atoms. The highest BCUT2D eigenvalue weighted by Crippen LogP contribution is 2.30. The van der Waals surface area contributed by atoms with E-state index in [-0.39, 0.29) is 0 Å². The molecule has 22 heavy (non-hydrogen) atoms. The predicted molar refractivity (Wildman–Crippen MR) is 88.4 cm³/mol. The van der Waals surface area contributed by atoms with Gasteiger partial charge in [-0.15, -0.1) is 11.3 Å². The third-order valence-corrected chi connectivity index (χ3v) is 4.46. The minimum Gasteiger partial charge on any atom is -0.408 e. The minimum absolute atomic E-state index is 0.452. The first kappa shape index (κ1) is 13.3. The van der Waals surface area contributed by atoms with Crippen molar-refractivity contribution in [3.63, 3.8) is 0 Å². The topological polar surface area (TPSA) is 58.9 Å². The van der Waals surface area contributed by atoms with Crippen LogP contribution in [0.4, 0.5) is 0 Å². The Bertz CT molecular complexity index is 1010. The Labute approximate surface area is 134 Å². The monoisotopic (exact) mass is 328 g/mol. The summed E-state index contributed by atoms with van der Waals surface area (Å²) in [6.07, 6.45) is 0. The van der Waals surface area contributed by atoms with Gasteiger partial charge in [-0.25, -0.2) is 9.78 Å². The summed E-state index contributed by atoms with van der Waals surface area (Å²) in [7, 11) is 0. The van der Waals surface area contributed by atoms with Crippen molar-refractivity contribution in [2.24, 2.45) is 0 Å². The summed E-state index contributed by atoms with van der Waals surface area (Å²) in [6.45, 7) is 0. The van der Waals surface area contributed by atoms with Gasteiger partial charge in [0.05, 0.1) is 11.2 Å². The maximum atomic E-state index is 11.2. The van der Waals surface area contributed by atoms with Crippen molar-refractivity contribution in [2.75, 3.05) is 0 Å². The van der Waals surface area contributed by atoms with Crippen LogP contribution in [0.15, 0.2) is 57.1 Å². The molecule has 0 amide bonds. The molecule has 0 aliphatic rings. The molecule has 2 heterocycles. The Balaban J connectivity index is 1.75. The maximum Gasteiger partial charge on any atom is 0.417 e. The predicted octanol–water partition coefficient (Wildman–Crippen LogP) is 4.57. The molecule has 0 radical (unpaired) electrons. The molecule has 0 spiro atoms. The van der Waals surface area contributed by atoms with Gasteiger partial charge in [0.2, 0.25) is 0 Å². The molecule has 4 rings (SSSR count). The summed E-state index contributed by atoms with van der Waals surface area (Å²) in [5, 5.41) is 3.60. The number of H-pyrrole nitrogens is 1. The van der Waals surface area contributed by atoms with E-state index in [1.807, 2.05) is 47.8 Å². The zero-order chi connectivity index (χ0) is 15.1. The lowest BCUT2D eigenvalue weighted by molar-refractivity contribution is 0.555. The number of thiazole rings is 1. The fourth-order valence-corrected chi connectivity index (χ4v) is 3.20. The van der Waals surface area contributed by atoms with E-state index in [0.29, 0.717) is 16.1 Å². The average Bonchev–Trinajstić information content (AvgIpc) is 3.12. The number of nitrogens with zero attached hydrogens (tertiary/aromatic N) is 1. The van der Waals surface area contributed by atoms with E-state index in [2.05, 4.69) is 9.97 Å². The summed E-state index contributed by atoms with van der Waals surface area (Å²) >= 11 is 7.46. The molecule has 0 fully saturated rings. The third-order valence-electron chi connectivity index (χ3n) is 3.31. The van der Waals surface area contributed by atoms with Gasteiger partial charge in [-0.3, -0.25) is 4.98 Å². The van der Waals surface area contributed by atoms with Gasteiger partial charge < -0.3 is 4.42 Å². The van der Waals surface area contributed by atoms with E-state index in [0.717, 1.165) is 21.8 Å². The molecule has 6 heteroatoms. The summed E-state index contributed by atoms with van der Waals surface area (Å²) < 4.78 is 5.08. The van der Waals surface area contributed by atoms with Crippen LogP contribution in [0, 0.1) is 0 Å². The molecule has 108 valence electrons. The van der Waals surface area contributed by atoms with Crippen molar-refractivity contribution in [2.45, 2.75) is 0 Å². The van der Waals surface area contributed by atoms with Gasteiger partial charge >= 0.3 is 5.76 Å². The van der Waals surface area contributed by atoms with E-state index in [9.17, 15) is 4.79 Å². The lowest BCUT2D eigenvalue weighted by Crippen LogP contribution is -1.92. The lowest BCUT2D eigenvalue weighted by atomic mass is 10.1. The lowest BCUT2D eigenvalue weighted by Gasteiger charge is -1.97. The Hall–Kier alpha value is -2.37. The molecule has 0 saturated carbocycles. The van der Waals surface area contributed by atoms with Crippen molar-refractivity contribution in [3.05, 3.63) is 63.4 Å². The van der Waals surface area contributed by atoms with Gasteiger partial charge in [-0.05, 0) is 24.3 Å². The molecular formula is C16H9ClN2O2S. The largest absolute Gasteiger partial charge is 0.417 e. The van der Waals surface area contributed by atoms with E-state index in [4.69, 9.17) is 16.0 Å². The van der Waals surface area contributed by atoms with Crippen molar-refractivity contribution >= 4 is 34.0 Å². The Morgan fingerprint density at radius 2 is 1.86 bits per heavy atom. The van der Waals surface area contributed by atoms with Crippen LogP contribution in [0.25, 0.3) is 32.9 Å². The van der Waals surface area contributed by atoms with Crippen LogP contribution >= 0.6 is 22.9 Å². The van der Waals surface area contributed by atoms with Crippen LogP contribution < -0.4 is 5.76 Å². The fraction of sp³-hybridized carbons (Fsp3) is 0. The minimum atomic E-state index is -0.452. The highest BCUT2D eigenvalue weighted by atomic mass is 35.5. The first-order valence-corrected chi connectivity index (χ1v) is 7.79. The van der Waals surface area contributed by atoms with E-state index < -0.39 is 5.76 Å².